The lowest BCUT2D eigenvalue weighted by atomic mass is 10.2. The van der Waals surface area contributed by atoms with Crippen molar-refractivity contribution in [1.29, 1.82) is 0 Å². The summed E-state index contributed by atoms with van der Waals surface area (Å²) in [6.07, 6.45) is 3.60. The van der Waals surface area contributed by atoms with Crippen LogP contribution in [0.3, 0.4) is 0 Å². The lowest BCUT2D eigenvalue weighted by molar-refractivity contribution is -0.123. The number of benzene rings is 2. The summed E-state index contributed by atoms with van der Waals surface area (Å²) in [5, 5.41) is 5.11. The van der Waals surface area contributed by atoms with Crippen LogP contribution in [0.5, 0.6) is 11.5 Å². The zero-order valence-electron chi connectivity index (χ0n) is 14.8. The van der Waals surface area contributed by atoms with Crippen LogP contribution in [0, 0.1) is 0 Å². The molecular weight excluding hydrogens is 330 g/mol. The maximum Gasteiger partial charge on any atom is 0.277 e. The van der Waals surface area contributed by atoms with Gasteiger partial charge >= 0.3 is 0 Å². The summed E-state index contributed by atoms with van der Waals surface area (Å²) in [6, 6.07) is 15.3. The number of amides is 1. The summed E-state index contributed by atoms with van der Waals surface area (Å²) < 4.78 is 13.0. The molecule has 0 saturated carbocycles. The second-order valence-electron chi connectivity index (χ2n) is 5.67. The van der Waals surface area contributed by atoms with E-state index in [-0.39, 0.29) is 12.5 Å². The third-order valence-electron chi connectivity index (χ3n) is 3.83. The van der Waals surface area contributed by atoms with Crippen LogP contribution in [0.1, 0.15) is 12.5 Å². The van der Waals surface area contributed by atoms with Gasteiger partial charge in [0.25, 0.3) is 5.91 Å². The van der Waals surface area contributed by atoms with E-state index in [2.05, 4.69) is 10.5 Å². The number of carbonyl (C=O) groups is 1. The molecule has 0 bridgehead atoms. The van der Waals surface area contributed by atoms with Crippen LogP contribution in [0.15, 0.2) is 59.8 Å². The Kier molecular flexibility index (Phi) is 5.53. The minimum absolute atomic E-state index is 0.142. The molecule has 0 aliphatic rings. The first-order chi connectivity index (χ1) is 12.7. The molecule has 6 heteroatoms. The minimum atomic E-state index is -0.340. The van der Waals surface area contributed by atoms with Crippen LogP contribution < -0.4 is 14.9 Å². The van der Waals surface area contributed by atoms with E-state index in [0.29, 0.717) is 18.1 Å². The van der Waals surface area contributed by atoms with Crippen molar-refractivity contribution in [2.75, 3.05) is 13.2 Å². The van der Waals surface area contributed by atoms with E-state index in [0.717, 1.165) is 16.5 Å². The molecule has 0 unspecified atom stereocenters. The fraction of sp³-hybridized carbons (Fsp3) is 0.200. The number of carbonyl (C=O) groups excluding carboxylic acids is 1. The Bertz CT molecular complexity index is 931. The molecule has 0 aliphatic heterocycles. The highest BCUT2D eigenvalue weighted by atomic mass is 16.5. The van der Waals surface area contributed by atoms with Crippen LogP contribution in [0.2, 0.25) is 0 Å². The van der Waals surface area contributed by atoms with Gasteiger partial charge < -0.3 is 14.0 Å². The van der Waals surface area contributed by atoms with E-state index in [9.17, 15) is 4.79 Å². The summed E-state index contributed by atoms with van der Waals surface area (Å²) in [6.45, 7) is 2.28. The number of aryl methyl sites for hydroxylation is 1. The van der Waals surface area contributed by atoms with Gasteiger partial charge in [-0.2, -0.15) is 5.10 Å². The van der Waals surface area contributed by atoms with E-state index in [4.69, 9.17) is 9.47 Å². The predicted octanol–water partition coefficient (Wildman–Crippen LogP) is 3.11. The number of fused-ring (bicyclic) bond motifs is 1. The molecule has 0 saturated heterocycles. The monoisotopic (exact) mass is 351 g/mol. The minimum Gasteiger partial charge on any atom is -0.490 e. The van der Waals surface area contributed by atoms with Gasteiger partial charge in [0, 0.05) is 29.7 Å². The fourth-order valence-electron chi connectivity index (χ4n) is 2.67. The second kappa shape index (κ2) is 8.20. The number of nitrogens with one attached hydrogen (secondary N) is 1. The Labute approximate surface area is 152 Å². The summed E-state index contributed by atoms with van der Waals surface area (Å²) >= 11 is 0. The number of aromatic nitrogens is 1. The molecule has 26 heavy (non-hydrogen) atoms. The molecule has 134 valence electrons. The van der Waals surface area contributed by atoms with Gasteiger partial charge in [-0.1, -0.05) is 30.3 Å². The van der Waals surface area contributed by atoms with E-state index in [1.807, 2.05) is 61.1 Å². The smallest absolute Gasteiger partial charge is 0.277 e. The fourth-order valence-corrected chi connectivity index (χ4v) is 2.67. The van der Waals surface area contributed by atoms with E-state index >= 15 is 0 Å². The zero-order chi connectivity index (χ0) is 18.4. The van der Waals surface area contributed by atoms with Gasteiger partial charge in [-0.15, -0.1) is 0 Å². The van der Waals surface area contributed by atoms with E-state index in [1.54, 1.807) is 18.3 Å². The molecule has 3 aromatic rings. The summed E-state index contributed by atoms with van der Waals surface area (Å²) in [4.78, 5) is 11.9. The van der Waals surface area contributed by atoms with Crippen LogP contribution in [-0.4, -0.2) is 29.9 Å². The average molecular weight is 351 g/mol. The standard InChI is InChI=1S/C20H21N3O3/c1-3-25-18-10-6-7-11-19(18)26-14-20(24)22-21-12-15-13-23(2)17-9-5-4-8-16(15)17/h4-13H,3,14H2,1-2H3,(H,22,24)/b21-12+. The van der Waals surface area contributed by atoms with Gasteiger partial charge in [0.15, 0.2) is 18.1 Å². The number of para-hydroxylation sites is 3. The first kappa shape index (κ1) is 17.5. The van der Waals surface area contributed by atoms with Gasteiger partial charge in [0.1, 0.15) is 0 Å². The van der Waals surface area contributed by atoms with Crippen molar-refractivity contribution in [2.45, 2.75) is 6.92 Å². The number of rotatable bonds is 7. The van der Waals surface area contributed by atoms with Gasteiger partial charge in [-0.25, -0.2) is 5.43 Å². The number of hydrogen-bond acceptors (Lipinski definition) is 4. The molecule has 6 nitrogen and oxygen atoms in total. The maximum atomic E-state index is 11.9. The molecule has 3 rings (SSSR count). The summed E-state index contributed by atoms with van der Waals surface area (Å²) in [5.41, 5.74) is 4.53. The quantitative estimate of drug-likeness (QED) is 0.525. The molecule has 2 aromatic carbocycles. The zero-order valence-corrected chi connectivity index (χ0v) is 14.8. The normalized spacial score (nSPS) is 11.0. The van der Waals surface area contributed by atoms with Crippen molar-refractivity contribution >= 4 is 23.0 Å². The molecule has 0 radical (unpaired) electrons. The first-order valence-corrected chi connectivity index (χ1v) is 8.39. The highest BCUT2D eigenvalue weighted by molar-refractivity contribution is 5.99. The van der Waals surface area contributed by atoms with Gasteiger partial charge in [-0.05, 0) is 25.1 Å². The van der Waals surface area contributed by atoms with Gasteiger partial charge in [0.05, 0.1) is 12.8 Å². The maximum absolute atomic E-state index is 11.9. The Morgan fingerprint density at radius 2 is 1.81 bits per heavy atom. The predicted molar refractivity (Wildman–Crippen MR) is 102 cm³/mol. The lowest BCUT2D eigenvalue weighted by Crippen LogP contribution is -2.24. The topological polar surface area (TPSA) is 64.8 Å². The van der Waals surface area contributed by atoms with E-state index < -0.39 is 0 Å². The first-order valence-electron chi connectivity index (χ1n) is 8.39. The molecule has 0 atom stereocenters. The van der Waals surface area contributed by atoms with Crippen molar-refractivity contribution in [2.24, 2.45) is 12.1 Å². The van der Waals surface area contributed by atoms with Crippen LogP contribution in [0.4, 0.5) is 0 Å². The summed E-state index contributed by atoms with van der Waals surface area (Å²) in [5.74, 6) is 0.803. The number of hydrogen-bond donors (Lipinski definition) is 1. The van der Waals surface area contributed by atoms with Crippen molar-refractivity contribution < 1.29 is 14.3 Å². The Morgan fingerprint density at radius 3 is 2.58 bits per heavy atom. The number of hydrazone groups is 1. The second-order valence-corrected chi connectivity index (χ2v) is 5.67. The highest BCUT2D eigenvalue weighted by Gasteiger charge is 2.07. The van der Waals surface area contributed by atoms with Crippen molar-refractivity contribution in [3.8, 4) is 11.5 Å². The van der Waals surface area contributed by atoms with Crippen molar-refractivity contribution in [1.82, 2.24) is 9.99 Å². The average Bonchev–Trinajstić information content (AvgIpc) is 2.98. The van der Waals surface area contributed by atoms with Crippen molar-refractivity contribution in [3.63, 3.8) is 0 Å². The molecular formula is C20H21N3O3. The summed E-state index contributed by atoms with van der Waals surface area (Å²) in [7, 11) is 1.97. The molecule has 1 N–H and O–H groups in total. The molecule has 0 fully saturated rings. The number of nitrogens with zero attached hydrogens (tertiary/aromatic N) is 2. The van der Waals surface area contributed by atoms with Gasteiger partial charge in [-0.3, -0.25) is 4.79 Å². The molecule has 1 amide bonds. The Hall–Kier alpha value is -3.28. The lowest BCUT2D eigenvalue weighted by Gasteiger charge is -2.10. The van der Waals surface area contributed by atoms with E-state index in [1.165, 1.54) is 0 Å². The van der Waals surface area contributed by atoms with Crippen molar-refractivity contribution in [3.05, 3.63) is 60.3 Å². The largest absolute Gasteiger partial charge is 0.490 e. The highest BCUT2D eigenvalue weighted by Crippen LogP contribution is 2.26. The SMILES string of the molecule is CCOc1ccccc1OCC(=O)N/N=C/c1cn(C)c2ccccc12. The Morgan fingerprint density at radius 1 is 1.12 bits per heavy atom. The third-order valence-corrected chi connectivity index (χ3v) is 3.83. The third kappa shape index (κ3) is 4.03. The molecule has 1 heterocycles. The molecule has 0 spiro atoms. The van der Waals surface area contributed by atoms with Gasteiger partial charge in [0.2, 0.25) is 0 Å². The number of ether oxygens (including phenoxy) is 2. The van der Waals surface area contributed by atoms with Crippen LogP contribution in [0.25, 0.3) is 10.9 Å². The molecule has 0 aliphatic carbocycles. The van der Waals surface area contributed by atoms with Crippen LogP contribution in [-0.2, 0) is 11.8 Å². The molecule has 1 aromatic heterocycles. The Balaban J connectivity index is 1.58. The van der Waals surface area contributed by atoms with Crippen LogP contribution >= 0.6 is 0 Å².